The van der Waals surface area contributed by atoms with Gasteiger partial charge in [0, 0.05) is 6.20 Å². The van der Waals surface area contributed by atoms with E-state index >= 15 is 0 Å². The minimum absolute atomic E-state index is 0.00603. The lowest BCUT2D eigenvalue weighted by atomic mass is 9.98. The van der Waals surface area contributed by atoms with Gasteiger partial charge in [-0.15, -0.1) is 0 Å². The Morgan fingerprint density at radius 1 is 1.11 bits per heavy atom. The van der Waals surface area contributed by atoms with Crippen molar-refractivity contribution >= 4 is 17.6 Å². The highest BCUT2D eigenvalue weighted by Gasteiger charge is 2.23. The number of aromatic carboxylic acids is 1. The zero-order valence-corrected chi connectivity index (χ0v) is 19.0. The first kappa shape index (κ1) is 23.6. The molecule has 0 aliphatic carbocycles. The number of rotatable bonds is 5. The number of halogens is 2. The average molecular weight is 491 g/mol. The summed E-state index contributed by atoms with van der Waals surface area (Å²) in [7, 11) is 0. The van der Waals surface area contributed by atoms with E-state index in [0.717, 1.165) is 15.2 Å². The standard InChI is InChI=1S/C25H16ClFN4O4/c1-14-10-18(13-29-12-14)31-23(32)21(17-6-7-20(27)19(26)11-17)22(30(9-8-28)25(31)35)15-2-4-16(5-3-15)24(33)34/h2-7,10-13H,9H2,1H3,(H,33,34). The number of nitriles is 1. The first-order chi connectivity index (χ1) is 16.7. The van der Waals surface area contributed by atoms with Gasteiger partial charge in [0.1, 0.15) is 12.4 Å². The van der Waals surface area contributed by atoms with Crippen molar-refractivity contribution < 1.29 is 14.3 Å². The number of hydrogen-bond acceptors (Lipinski definition) is 5. The van der Waals surface area contributed by atoms with Crippen molar-refractivity contribution in [1.82, 2.24) is 14.1 Å². The number of benzene rings is 2. The first-order valence-electron chi connectivity index (χ1n) is 10.2. The van der Waals surface area contributed by atoms with Crippen LogP contribution in [0.2, 0.25) is 5.02 Å². The van der Waals surface area contributed by atoms with Crippen molar-refractivity contribution in [2.24, 2.45) is 0 Å². The molecule has 4 rings (SSSR count). The maximum atomic E-state index is 13.9. The van der Waals surface area contributed by atoms with Crippen LogP contribution >= 0.6 is 11.6 Å². The molecule has 4 aromatic rings. The second kappa shape index (κ2) is 9.37. The Balaban J connectivity index is 2.18. The van der Waals surface area contributed by atoms with Gasteiger partial charge in [-0.1, -0.05) is 29.8 Å². The summed E-state index contributed by atoms with van der Waals surface area (Å²) < 4.78 is 15.9. The second-order valence-electron chi connectivity index (χ2n) is 7.62. The van der Waals surface area contributed by atoms with Crippen LogP contribution in [0.1, 0.15) is 15.9 Å². The van der Waals surface area contributed by atoms with E-state index in [-0.39, 0.29) is 33.1 Å². The fourth-order valence-electron chi connectivity index (χ4n) is 3.74. The fraction of sp³-hybridized carbons (Fsp3) is 0.0800. The topological polar surface area (TPSA) is 118 Å². The number of aryl methyl sites for hydroxylation is 1. The zero-order valence-electron chi connectivity index (χ0n) is 18.2. The fourth-order valence-corrected chi connectivity index (χ4v) is 3.92. The van der Waals surface area contributed by atoms with Gasteiger partial charge < -0.3 is 5.11 Å². The van der Waals surface area contributed by atoms with Crippen LogP contribution in [0.3, 0.4) is 0 Å². The van der Waals surface area contributed by atoms with E-state index in [2.05, 4.69) is 4.98 Å². The largest absolute Gasteiger partial charge is 0.478 e. The molecule has 2 heterocycles. The van der Waals surface area contributed by atoms with Gasteiger partial charge in [-0.3, -0.25) is 14.3 Å². The van der Waals surface area contributed by atoms with Gasteiger partial charge in [0.15, 0.2) is 0 Å². The highest BCUT2D eigenvalue weighted by molar-refractivity contribution is 6.31. The number of carbonyl (C=O) groups is 1. The van der Waals surface area contributed by atoms with Crippen LogP contribution in [-0.2, 0) is 6.54 Å². The summed E-state index contributed by atoms with van der Waals surface area (Å²) in [6.07, 6.45) is 2.90. The molecule has 0 amide bonds. The molecule has 0 fully saturated rings. The highest BCUT2D eigenvalue weighted by atomic mass is 35.5. The lowest BCUT2D eigenvalue weighted by molar-refractivity contribution is 0.0697. The second-order valence-corrected chi connectivity index (χ2v) is 8.03. The van der Waals surface area contributed by atoms with Crippen molar-refractivity contribution in [3.05, 3.63) is 104 Å². The molecule has 0 bridgehead atoms. The average Bonchev–Trinajstić information content (AvgIpc) is 2.83. The van der Waals surface area contributed by atoms with Crippen LogP contribution in [0, 0.1) is 24.1 Å². The van der Waals surface area contributed by atoms with Crippen LogP contribution in [0.5, 0.6) is 0 Å². The third-order valence-corrected chi connectivity index (χ3v) is 5.60. The Morgan fingerprint density at radius 2 is 1.80 bits per heavy atom. The normalized spacial score (nSPS) is 10.7. The highest BCUT2D eigenvalue weighted by Crippen LogP contribution is 2.31. The summed E-state index contributed by atoms with van der Waals surface area (Å²) in [6.45, 7) is 1.32. The Hall–Kier alpha value is -4.55. The van der Waals surface area contributed by atoms with Gasteiger partial charge in [0.25, 0.3) is 5.56 Å². The van der Waals surface area contributed by atoms with E-state index in [4.69, 9.17) is 11.6 Å². The molecule has 0 saturated heterocycles. The van der Waals surface area contributed by atoms with Crippen LogP contribution in [0.25, 0.3) is 28.1 Å². The number of nitrogens with zero attached hydrogens (tertiary/aromatic N) is 4. The Kier molecular flexibility index (Phi) is 6.32. The molecule has 10 heteroatoms. The molecule has 0 atom stereocenters. The smallest absolute Gasteiger partial charge is 0.337 e. The summed E-state index contributed by atoms with van der Waals surface area (Å²) in [6, 6.07) is 12.7. The maximum absolute atomic E-state index is 13.9. The van der Waals surface area contributed by atoms with Gasteiger partial charge in [-0.2, -0.15) is 5.26 Å². The molecule has 0 unspecified atom stereocenters. The number of pyridine rings is 1. The molecular formula is C25H16ClFN4O4. The van der Waals surface area contributed by atoms with Crippen LogP contribution < -0.4 is 11.2 Å². The molecule has 0 aliphatic heterocycles. The molecule has 0 saturated carbocycles. The third-order valence-electron chi connectivity index (χ3n) is 5.31. The van der Waals surface area contributed by atoms with E-state index in [1.54, 1.807) is 19.2 Å². The molecule has 2 aromatic heterocycles. The molecule has 0 radical (unpaired) electrons. The molecular weight excluding hydrogens is 475 g/mol. The lowest BCUT2D eigenvalue weighted by Crippen LogP contribution is -2.40. The number of aromatic nitrogens is 3. The molecule has 8 nitrogen and oxygen atoms in total. The summed E-state index contributed by atoms with van der Waals surface area (Å²) >= 11 is 6.00. The van der Waals surface area contributed by atoms with Crippen molar-refractivity contribution in [2.45, 2.75) is 13.5 Å². The lowest BCUT2D eigenvalue weighted by Gasteiger charge is -2.19. The van der Waals surface area contributed by atoms with E-state index in [9.17, 15) is 29.1 Å². The molecule has 1 N–H and O–H groups in total. The SMILES string of the molecule is Cc1cncc(-n2c(=O)c(-c3ccc(F)c(Cl)c3)c(-c3ccc(C(=O)O)cc3)n(CC#N)c2=O)c1. The maximum Gasteiger partial charge on any atom is 0.337 e. The summed E-state index contributed by atoms with van der Waals surface area (Å²) in [4.78, 5) is 42.7. The van der Waals surface area contributed by atoms with Crippen LogP contribution in [0.4, 0.5) is 4.39 Å². The van der Waals surface area contributed by atoms with Crippen molar-refractivity contribution in [3.8, 4) is 34.1 Å². The molecule has 35 heavy (non-hydrogen) atoms. The summed E-state index contributed by atoms with van der Waals surface area (Å²) in [5, 5.41) is 18.5. The van der Waals surface area contributed by atoms with E-state index < -0.39 is 29.6 Å². The van der Waals surface area contributed by atoms with Gasteiger partial charge in [-0.05, 0) is 53.9 Å². The number of carboxylic acid groups (broad SMARTS) is 1. The summed E-state index contributed by atoms with van der Waals surface area (Å²) in [5.41, 5.74) is -0.0916. The molecule has 0 spiro atoms. The minimum Gasteiger partial charge on any atom is -0.478 e. The Labute approximate surface area is 202 Å². The van der Waals surface area contributed by atoms with E-state index in [0.29, 0.717) is 11.1 Å². The number of carboxylic acids is 1. The molecule has 2 aromatic carbocycles. The predicted octanol–water partition coefficient (Wildman–Crippen LogP) is 4.05. The van der Waals surface area contributed by atoms with Gasteiger partial charge in [0.05, 0.1) is 39.8 Å². The minimum atomic E-state index is -1.15. The zero-order chi connectivity index (χ0) is 25.3. The van der Waals surface area contributed by atoms with Crippen molar-refractivity contribution in [1.29, 1.82) is 5.26 Å². The molecule has 0 aliphatic rings. The quantitative estimate of drug-likeness (QED) is 0.451. The van der Waals surface area contributed by atoms with E-state index in [1.807, 2.05) is 6.07 Å². The molecule has 174 valence electrons. The van der Waals surface area contributed by atoms with Gasteiger partial charge in [0.2, 0.25) is 0 Å². The Bertz CT molecular complexity index is 1640. The number of hydrogen-bond donors (Lipinski definition) is 1. The first-order valence-corrected chi connectivity index (χ1v) is 10.6. The third kappa shape index (κ3) is 4.35. The van der Waals surface area contributed by atoms with Gasteiger partial charge in [-0.25, -0.2) is 18.5 Å². The predicted molar refractivity (Wildman–Crippen MR) is 127 cm³/mol. The van der Waals surface area contributed by atoms with Crippen molar-refractivity contribution in [2.75, 3.05) is 0 Å². The van der Waals surface area contributed by atoms with Crippen molar-refractivity contribution in [3.63, 3.8) is 0 Å². The monoisotopic (exact) mass is 490 g/mol. The summed E-state index contributed by atoms with van der Waals surface area (Å²) in [5.74, 6) is -1.85. The van der Waals surface area contributed by atoms with Gasteiger partial charge >= 0.3 is 11.7 Å². The van der Waals surface area contributed by atoms with Crippen LogP contribution in [-0.4, -0.2) is 25.2 Å². The van der Waals surface area contributed by atoms with E-state index in [1.165, 1.54) is 42.6 Å². The Morgan fingerprint density at radius 3 is 2.40 bits per heavy atom. The van der Waals surface area contributed by atoms with Crippen LogP contribution in [0.15, 0.2) is 70.5 Å².